The van der Waals surface area contributed by atoms with Gasteiger partial charge in [0, 0.05) is 49.9 Å². The fourth-order valence-corrected chi connectivity index (χ4v) is 3.27. The van der Waals surface area contributed by atoms with Crippen molar-refractivity contribution >= 4 is 23.2 Å². The lowest BCUT2D eigenvalue weighted by Crippen LogP contribution is -2.32. The van der Waals surface area contributed by atoms with Crippen LogP contribution in [0.25, 0.3) is 0 Å². The molecule has 0 aliphatic rings. The molecule has 6 nitrogen and oxygen atoms in total. The molecular formula is C23H32N4O2. The van der Waals surface area contributed by atoms with Crippen LogP contribution in [0.15, 0.2) is 42.7 Å². The molecule has 1 N–H and O–H groups in total. The van der Waals surface area contributed by atoms with Crippen molar-refractivity contribution in [3.63, 3.8) is 0 Å². The molecule has 6 heteroatoms. The zero-order valence-corrected chi connectivity index (χ0v) is 17.9. The summed E-state index contributed by atoms with van der Waals surface area (Å²) in [4.78, 5) is 33.6. The van der Waals surface area contributed by atoms with Gasteiger partial charge in [0.25, 0.3) is 11.8 Å². The van der Waals surface area contributed by atoms with Gasteiger partial charge in [-0.2, -0.15) is 0 Å². The number of hydrogen-bond acceptors (Lipinski definition) is 4. The van der Waals surface area contributed by atoms with E-state index in [1.165, 1.54) is 12.4 Å². The normalized spacial score (nSPS) is 10.5. The Bertz CT molecular complexity index is 795. The molecule has 0 saturated heterocycles. The van der Waals surface area contributed by atoms with Crippen molar-refractivity contribution in [1.29, 1.82) is 0 Å². The average molecular weight is 397 g/mol. The highest BCUT2D eigenvalue weighted by atomic mass is 16.2. The molecular weight excluding hydrogens is 364 g/mol. The molecule has 2 rings (SSSR count). The van der Waals surface area contributed by atoms with Crippen LogP contribution in [0.4, 0.5) is 11.4 Å². The second-order valence-electron chi connectivity index (χ2n) is 6.93. The predicted molar refractivity (Wildman–Crippen MR) is 119 cm³/mol. The molecule has 0 radical (unpaired) electrons. The molecule has 0 aliphatic carbocycles. The van der Waals surface area contributed by atoms with E-state index in [0.717, 1.165) is 31.6 Å². The fourth-order valence-electron chi connectivity index (χ4n) is 3.27. The second-order valence-corrected chi connectivity index (χ2v) is 6.93. The van der Waals surface area contributed by atoms with Gasteiger partial charge in [-0.15, -0.1) is 0 Å². The Kier molecular flexibility index (Phi) is 8.65. The summed E-state index contributed by atoms with van der Waals surface area (Å²) in [6, 6.07) is 9.38. The van der Waals surface area contributed by atoms with Crippen LogP contribution in [0.1, 0.15) is 61.3 Å². The molecule has 0 unspecified atom stereocenters. The summed E-state index contributed by atoms with van der Waals surface area (Å²) in [5, 5.41) is 2.88. The van der Waals surface area contributed by atoms with Gasteiger partial charge < -0.3 is 15.1 Å². The number of pyridine rings is 1. The minimum Gasteiger partial charge on any atom is -0.372 e. The molecule has 1 heterocycles. The molecule has 156 valence electrons. The predicted octanol–water partition coefficient (Wildman–Crippen LogP) is 4.44. The maximum Gasteiger partial charge on any atom is 0.257 e. The summed E-state index contributed by atoms with van der Waals surface area (Å²) in [6.07, 6.45) is 4.79. The number of benzene rings is 1. The second kappa shape index (κ2) is 11.2. The molecule has 2 amide bonds. The Balaban J connectivity index is 2.11. The molecule has 1 aromatic carbocycles. The Labute approximate surface area is 173 Å². The molecule has 29 heavy (non-hydrogen) atoms. The minimum atomic E-state index is -0.278. The van der Waals surface area contributed by atoms with Crippen LogP contribution in [-0.2, 0) is 0 Å². The van der Waals surface area contributed by atoms with Crippen molar-refractivity contribution in [2.45, 2.75) is 40.5 Å². The number of aromatic nitrogens is 1. The number of anilines is 2. The molecule has 0 aliphatic heterocycles. The highest BCUT2D eigenvalue weighted by molar-refractivity contribution is 6.05. The number of amides is 2. The van der Waals surface area contributed by atoms with Crippen LogP contribution in [0.3, 0.4) is 0 Å². The molecule has 0 bridgehead atoms. The van der Waals surface area contributed by atoms with Crippen molar-refractivity contribution in [1.82, 2.24) is 9.88 Å². The molecule has 0 atom stereocenters. The largest absolute Gasteiger partial charge is 0.372 e. The zero-order valence-electron chi connectivity index (χ0n) is 17.9. The SMILES string of the molecule is CCCN(CCC)C(=O)c1cncc(C(=O)Nc2ccc(N(CC)CC)cc2)c1. The smallest absolute Gasteiger partial charge is 0.257 e. The van der Waals surface area contributed by atoms with Crippen LogP contribution in [0, 0.1) is 0 Å². The van der Waals surface area contributed by atoms with E-state index in [0.29, 0.717) is 29.9 Å². The van der Waals surface area contributed by atoms with E-state index in [9.17, 15) is 9.59 Å². The summed E-state index contributed by atoms with van der Waals surface area (Å²) in [6.45, 7) is 11.6. The summed E-state index contributed by atoms with van der Waals surface area (Å²) in [5.41, 5.74) is 2.64. The Morgan fingerprint density at radius 2 is 1.48 bits per heavy atom. The lowest BCUT2D eigenvalue weighted by atomic mass is 10.1. The van der Waals surface area contributed by atoms with E-state index in [2.05, 4.69) is 29.0 Å². The molecule has 1 aromatic heterocycles. The lowest BCUT2D eigenvalue weighted by Gasteiger charge is -2.21. The van der Waals surface area contributed by atoms with Gasteiger partial charge in [0.15, 0.2) is 0 Å². The van der Waals surface area contributed by atoms with E-state index in [4.69, 9.17) is 0 Å². The van der Waals surface area contributed by atoms with Gasteiger partial charge in [-0.1, -0.05) is 13.8 Å². The first-order chi connectivity index (χ1) is 14.0. The Morgan fingerprint density at radius 3 is 2.03 bits per heavy atom. The lowest BCUT2D eigenvalue weighted by molar-refractivity contribution is 0.0755. The third kappa shape index (κ3) is 6.04. The third-order valence-electron chi connectivity index (χ3n) is 4.78. The first kappa shape index (κ1) is 22.4. The number of hydrogen-bond donors (Lipinski definition) is 1. The molecule has 0 saturated carbocycles. The molecule has 2 aromatic rings. The van der Waals surface area contributed by atoms with E-state index in [1.54, 1.807) is 6.07 Å². The van der Waals surface area contributed by atoms with Crippen molar-refractivity contribution in [3.8, 4) is 0 Å². The van der Waals surface area contributed by atoms with E-state index >= 15 is 0 Å². The van der Waals surface area contributed by atoms with Crippen molar-refractivity contribution < 1.29 is 9.59 Å². The topological polar surface area (TPSA) is 65.5 Å². The Morgan fingerprint density at radius 1 is 0.897 bits per heavy atom. The summed E-state index contributed by atoms with van der Waals surface area (Å²) in [5.74, 6) is -0.361. The van der Waals surface area contributed by atoms with Crippen molar-refractivity contribution in [3.05, 3.63) is 53.9 Å². The maximum absolute atomic E-state index is 12.8. The van der Waals surface area contributed by atoms with Crippen LogP contribution >= 0.6 is 0 Å². The Hall–Kier alpha value is -2.89. The summed E-state index contributed by atoms with van der Waals surface area (Å²) >= 11 is 0. The van der Waals surface area contributed by atoms with E-state index in [-0.39, 0.29) is 11.8 Å². The van der Waals surface area contributed by atoms with Gasteiger partial charge >= 0.3 is 0 Å². The maximum atomic E-state index is 12.8. The van der Waals surface area contributed by atoms with Crippen LogP contribution < -0.4 is 10.2 Å². The van der Waals surface area contributed by atoms with Crippen molar-refractivity contribution in [2.24, 2.45) is 0 Å². The fraction of sp³-hybridized carbons (Fsp3) is 0.435. The van der Waals surface area contributed by atoms with Gasteiger partial charge in [-0.05, 0) is 57.0 Å². The third-order valence-corrected chi connectivity index (χ3v) is 4.78. The number of nitrogens with one attached hydrogen (secondary N) is 1. The van der Waals surface area contributed by atoms with Crippen molar-refractivity contribution in [2.75, 3.05) is 36.4 Å². The number of carbonyl (C=O) groups is 2. The number of nitrogens with zero attached hydrogens (tertiary/aromatic N) is 3. The highest BCUT2D eigenvalue weighted by Crippen LogP contribution is 2.18. The number of carbonyl (C=O) groups excluding carboxylic acids is 2. The van der Waals surface area contributed by atoms with E-state index in [1.807, 2.05) is 43.0 Å². The summed E-state index contributed by atoms with van der Waals surface area (Å²) in [7, 11) is 0. The quantitative estimate of drug-likeness (QED) is 0.645. The first-order valence-corrected chi connectivity index (χ1v) is 10.4. The van der Waals surface area contributed by atoms with Gasteiger partial charge in [0.05, 0.1) is 11.1 Å². The summed E-state index contributed by atoms with van der Waals surface area (Å²) < 4.78 is 0. The minimum absolute atomic E-state index is 0.0839. The van der Waals surface area contributed by atoms with Gasteiger partial charge in [0.2, 0.25) is 0 Å². The average Bonchev–Trinajstić information content (AvgIpc) is 2.75. The molecule has 0 spiro atoms. The van der Waals surface area contributed by atoms with Gasteiger partial charge in [-0.3, -0.25) is 14.6 Å². The first-order valence-electron chi connectivity index (χ1n) is 10.4. The van der Waals surface area contributed by atoms with E-state index < -0.39 is 0 Å². The van der Waals surface area contributed by atoms with Gasteiger partial charge in [-0.25, -0.2) is 0 Å². The monoisotopic (exact) mass is 396 g/mol. The molecule has 0 fully saturated rings. The van der Waals surface area contributed by atoms with Crippen LogP contribution in [-0.4, -0.2) is 47.9 Å². The standard InChI is InChI=1S/C23H32N4O2/c1-5-13-27(14-6-2)23(29)19-15-18(16-24-17-19)22(28)25-20-9-11-21(12-10-20)26(7-3)8-4/h9-12,15-17H,5-8,13-14H2,1-4H3,(H,25,28). The highest BCUT2D eigenvalue weighted by Gasteiger charge is 2.17. The van der Waals surface area contributed by atoms with Gasteiger partial charge in [0.1, 0.15) is 0 Å². The zero-order chi connectivity index (χ0) is 21.2. The van der Waals surface area contributed by atoms with Crippen LogP contribution in [0.2, 0.25) is 0 Å². The van der Waals surface area contributed by atoms with Crippen LogP contribution in [0.5, 0.6) is 0 Å². The number of rotatable bonds is 10.